The fourth-order valence-corrected chi connectivity index (χ4v) is 5.77. The topological polar surface area (TPSA) is 42.3 Å². The molecular formula is C30H30N4OS. The van der Waals surface area contributed by atoms with E-state index >= 15 is 0 Å². The van der Waals surface area contributed by atoms with Crippen molar-refractivity contribution in [2.24, 2.45) is 0 Å². The fraction of sp³-hybridized carbons (Fsp3) is 0.267. The molecule has 1 N–H and O–H groups in total. The van der Waals surface area contributed by atoms with E-state index in [0.29, 0.717) is 11.2 Å². The third-order valence-electron chi connectivity index (χ3n) is 7.29. The van der Waals surface area contributed by atoms with Gasteiger partial charge in [0.2, 0.25) is 0 Å². The molecule has 0 spiro atoms. The first-order chi connectivity index (χ1) is 17.7. The average molecular weight is 495 g/mol. The van der Waals surface area contributed by atoms with Crippen LogP contribution in [0.4, 0.5) is 5.69 Å². The van der Waals surface area contributed by atoms with Gasteiger partial charge in [-0.3, -0.25) is 4.98 Å². The van der Waals surface area contributed by atoms with Crippen molar-refractivity contribution in [1.82, 2.24) is 14.9 Å². The lowest BCUT2D eigenvalue weighted by atomic mass is 9.98. The van der Waals surface area contributed by atoms with Crippen LogP contribution in [-0.2, 0) is 0 Å². The van der Waals surface area contributed by atoms with Crippen LogP contribution in [0, 0.1) is 6.92 Å². The minimum atomic E-state index is -0.0402. The maximum absolute atomic E-state index is 6.06. The highest BCUT2D eigenvalue weighted by Crippen LogP contribution is 2.43. The van der Waals surface area contributed by atoms with Crippen LogP contribution in [0.1, 0.15) is 60.6 Å². The quantitative estimate of drug-likeness (QED) is 0.285. The number of anilines is 1. The Morgan fingerprint density at radius 1 is 0.917 bits per heavy atom. The molecule has 182 valence electrons. The molecule has 0 radical (unpaired) electrons. The molecule has 0 amide bonds. The molecule has 1 aliphatic carbocycles. The second-order valence-electron chi connectivity index (χ2n) is 9.74. The van der Waals surface area contributed by atoms with Gasteiger partial charge in [-0.2, -0.15) is 0 Å². The van der Waals surface area contributed by atoms with Crippen LogP contribution in [0.25, 0.3) is 0 Å². The molecule has 3 heterocycles. The Morgan fingerprint density at radius 3 is 2.33 bits per heavy atom. The van der Waals surface area contributed by atoms with Crippen LogP contribution in [0.3, 0.4) is 0 Å². The number of hydrogen-bond donors (Lipinski definition) is 1. The van der Waals surface area contributed by atoms with Crippen molar-refractivity contribution in [2.45, 2.75) is 50.7 Å². The number of nitrogens with zero attached hydrogens (tertiary/aromatic N) is 3. The zero-order chi connectivity index (χ0) is 24.5. The van der Waals surface area contributed by atoms with Gasteiger partial charge in [-0.15, -0.1) is 0 Å². The number of ether oxygens (including phenoxy) is 1. The summed E-state index contributed by atoms with van der Waals surface area (Å²) >= 11 is 5.89. The smallest absolute Gasteiger partial charge is 0.174 e. The largest absolute Gasteiger partial charge is 0.457 e. The average Bonchev–Trinajstić information content (AvgIpc) is 3.66. The van der Waals surface area contributed by atoms with Gasteiger partial charge in [0.15, 0.2) is 5.11 Å². The van der Waals surface area contributed by atoms with Gasteiger partial charge in [-0.1, -0.05) is 36.6 Å². The summed E-state index contributed by atoms with van der Waals surface area (Å²) in [6.45, 7) is 2.07. The highest BCUT2D eigenvalue weighted by atomic mass is 32.1. The van der Waals surface area contributed by atoms with Crippen LogP contribution in [0.2, 0.25) is 0 Å². The lowest BCUT2D eigenvalue weighted by Crippen LogP contribution is -2.29. The Kier molecular flexibility index (Phi) is 6.20. The number of hydrogen-bond acceptors (Lipinski definition) is 3. The predicted molar refractivity (Wildman–Crippen MR) is 148 cm³/mol. The van der Waals surface area contributed by atoms with Gasteiger partial charge >= 0.3 is 0 Å². The molecule has 4 aromatic rings. The summed E-state index contributed by atoms with van der Waals surface area (Å²) in [5.41, 5.74) is 4.47. The van der Waals surface area contributed by atoms with Crippen molar-refractivity contribution in [3.8, 4) is 11.5 Å². The zero-order valence-corrected chi connectivity index (χ0v) is 21.2. The number of rotatable bonds is 6. The summed E-state index contributed by atoms with van der Waals surface area (Å²) in [5, 5.41) is 4.27. The molecule has 36 heavy (non-hydrogen) atoms. The van der Waals surface area contributed by atoms with Crippen molar-refractivity contribution in [1.29, 1.82) is 0 Å². The Morgan fingerprint density at radius 2 is 1.64 bits per heavy atom. The molecule has 2 aromatic heterocycles. The van der Waals surface area contributed by atoms with E-state index in [1.807, 2.05) is 42.6 Å². The summed E-state index contributed by atoms with van der Waals surface area (Å²) in [6.07, 6.45) is 11.5. The van der Waals surface area contributed by atoms with E-state index in [4.69, 9.17) is 17.0 Å². The minimum absolute atomic E-state index is 0.00100. The molecule has 1 aliphatic heterocycles. The monoisotopic (exact) mass is 494 g/mol. The third kappa shape index (κ3) is 4.49. The molecular weight excluding hydrogens is 464 g/mol. The van der Waals surface area contributed by atoms with Crippen LogP contribution in [0.15, 0.2) is 91.4 Å². The number of benzene rings is 2. The van der Waals surface area contributed by atoms with Crippen molar-refractivity contribution >= 4 is 23.0 Å². The highest BCUT2D eigenvalue weighted by Gasteiger charge is 2.41. The van der Waals surface area contributed by atoms with Gasteiger partial charge in [-0.05, 0) is 92.1 Å². The SMILES string of the molecule is Cc1ccc(Oc2ccc(N3C(=S)N[C@@H](c4ccccn4)[C@@H]3c3ccn(C4CCCC4)c3)cc2)cc1. The molecule has 2 atom stereocenters. The summed E-state index contributed by atoms with van der Waals surface area (Å²) < 4.78 is 8.46. The van der Waals surface area contributed by atoms with Gasteiger partial charge in [0.25, 0.3) is 0 Å². The molecule has 1 saturated heterocycles. The van der Waals surface area contributed by atoms with E-state index in [1.165, 1.54) is 36.8 Å². The van der Waals surface area contributed by atoms with Gasteiger partial charge in [0.05, 0.1) is 17.8 Å². The maximum atomic E-state index is 6.06. The Hall–Kier alpha value is -3.64. The van der Waals surface area contributed by atoms with Crippen LogP contribution in [-0.4, -0.2) is 14.7 Å². The van der Waals surface area contributed by atoms with Crippen LogP contribution in [0.5, 0.6) is 11.5 Å². The van der Waals surface area contributed by atoms with Gasteiger partial charge < -0.3 is 19.5 Å². The van der Waals surface area contributed by atoms with Gasteiger partial charge in [0.1, 0.15) is 11.5 Å². The predicted octanol–water partition coefficient (Wildman–Crippen LogP) is 7.28. The standard InChI is InChI=1S/C30H30N4OS/c1-21-9-13-25(14-10-21)35-26-15-11-24(12-16-26)34-29(22-17-19-33(20-22)23-6-2-3-7-23)28(32-30(34)36)27-8-4-5-18-31-27/h4-5,8-20,23,28-29H,2-3,6-7H2,1H3,(H,32,36)/t28-,29-/m0/s1. The van der Waals surface area contributed by atoms with E-state index in [2.05, 4.69) is 75.5 Å². The molecule has 1 saturated carbocycles. The van der Waals surface area contributed by atoms with Crippen LogP contribution < -0.4 is 15.0 Å². The van der Waals surface area contributed by atoms with Crippen LogP contribution >= 0.6 is 12.2 Å². The molecule has 6 heteroatoms. The first-order valence-corrected chi connectivity index (χ1v) is 13.1. The zero-order valence-electron chi connectivity index (χ0n) is 20.4. The second kappa shape index (κ2) is 9.78. The number of aryl methyl sites for hydroxylation is 1. The lowest BCUT2D eigenvalue weighted by Gasteiger charge is -2.27. The van der Waals surface area contributed by atoms with Gasteiger partial charge in [-0.25, -0.2) is 0 Å². The molecule has 0 bridgehead atoms. The number of thiocarbonyl (C=S) groups is 1. The minimum Gasteiger partial charge on any atom is -0.457 e. The van der Waals surface area contributed by atoms with E-state index in [0.717, 1.165) is 22.9 Å². The van der Waals surface area contributed by atoms with E-state index in [-0.39, 0.29) is 12.1 Å². The third-order valence-corrected chi connectivity index (χ3v) is 7.61. The highest BCUT2D eigenvalue weighted by molar-refractivity contribution is 7.80. The fourth-order valence-electron chi connectivity index (χ4n) is 5.42. The summed E-state index contributed by atoms with van der Waals surface area (Å²) in [5.74, 6) is 1.62. The van der Waals surface area contributed by atoms with E-state index < -0.39 is 0 Å². The number of pyridine rings is 1. The first-order valence-electron chi connectivity index (χ1n) is 12.7. The van der Waals surface area contributed by atoms with Crippen molar-refractivity contribution in [2.75, 3.05) is 4.90 Å². The van der Waals surface area contributed by atoms with E-state index in [1.54, 1.807) is 0 Å². The van der Waals surface area contributed by atoms with Crippen molar-refractivity contribution in [3.05, 3.63) is 108 Å². The number of nitrogens with one attached hydrogen (secondary N) is 1. The molecule has 5 nitrogen and oxygen atoms in total. The first kappa shape index (κ1) is 22.8. The Bertz CT molecular complexity index is 1330. The number of aromatic nitrogens is 2. The Labute approximate surface area is 217 Å². The summed E-state index contributed by atoms with van der Waals surface area (Å²) in [7, 11) is 0. The second-order valence-corrected chi connectivity index (χ2v) is 10.1. The lowest BCUT2D eigenvalue weighted by molar-refractivity contribution is 0.482. The van der Waals surface area contributed by atoms with Crippen molar-refractivity contribution in [3.63, 3.8) is 0 Å². The molecule has 6 rings (SSSR count). The molecule has 0 unspecified atom stereocenters. The summed E-state index contributed by atoms with van der Waals surface area (Å²) in [4.78, 5) is 6.90. The van der Waals surface area contributed by atoms with Crippen molar-refractivity contribution < 1.29 is 4.74 Å². The molecule has 2 fully saturated rings. The normalized spacial score (nSPS) is 20.0. The maximum Gasteiger partial charge on any atom is 0.174 e. The molecule has 2 aromatic carbocycles. The Balaban J connectivity index is 1.32. The van der Waals surface area contributed by atoms with E-state index in [9.17, 15) is 0 Å². The molecule has 2 aliphatic rings. The van der Waals surface area contributed by atoms with Gasteiger partial charge in [0, 0.05) is 30.3 Å². The summed E-state index contributed by atoms with van der Waals surface area (Å²) in [6, 6.07) is 25.1.